The van der Waals surface area contributed by atoms with Gasteiger partial charge in [0.25, 0.3) is 0 Å². The summed E-state index contributed by atoms with van der Waals surface area (Å²) in [5.41, 5.74) is 1.08. The van der Waals surface area contributed by atoms with E-state index in [1.807, 2.05) is 25.3 Å². The van der Waals surface area contributed by atoms with Crippen molar-refractivity contribution >= 4 is 23.1 Å². The van der Waals surface area contributed by atoms with Crippen LogP contribution in [0.2, 0.25) is 0 Å². The zero-order valence-corrected chi connectivity index (χ0v) is 15.8. The van der Waals surface area contributed by atoms with E-state index in [1.54, 1.807) is 24.7 Å². The van der Waals surface area contributed by atoms with E-state index in [0.717, 1.165) is 17.0 Å². The van der Waals surface area contributed by atoms with Crippen LogP contribution in [0.1, 0.15) is 20.8 Å². The van der Waals surface area contributed by atoms with Crippen molar-refractivity contribution in [3.8, 4) is 0 Å². The molecule has 1 aliphatic heterocycles. The molecule has 1 fully saturated rings. The number of amides is 1. The maximum absolute atomic E-state index is 12.2. The number of hydrogen-bond donors (Lipinski definition) is 0. The van der Waals surface area contributed by atoms with Crippen LogP contribution in [0.5, 0.6) is 0 Å². The summed E-state index contributed by atoms with van der Waals surface area (Å²) in [5, 5.41) is 0. The molecule has 1 saturated heterocycles. The van der Waals surface area contributed by atoms with Gasteiger partial charge in [-0.2, -0.15) is 0 Å². The van der Waals surface area contributed by atoms with Crippen molar-refractivity contribution in [1.29, 1.82) is 0 Å². The topological polar surface area (TPSA) is 85.6 Å². The van der Waals surface area contributed by atoms with Crippen molar-refractivity contribution in [3.63, 3.8) is 0 Å². The molecule has 26 heavy (non-hydrogen) atoms. The molecule has 3 heterocycles. The third-order valence-corrected chi connectivity index (χ3v) is 4.15. The molecule has 0 bridgehead atoms. The molecule has 0 saturated carbocycles. The number of piperazine rings is 1. The average molecular weight is 362 g/mol. The third-order valence-electron chi connectivity index (χ3n) is 4.15. The SMILES string of the molecule is COCCn1cnc2c(N3CCN(C(=O)OC(C)(C)C)CC3)ncnc21. The maximum Gasteiger partial charge on any atom is 0.410 e. The third kappa shape index (κ3) is 4.04. The highest BCUT2D eigenvalue weighted by atomic mass is 16.6. The molecule has 2 aromatic heterocycles. The van der Waals surface area contributed by atoms with Crippen LogP contribution >= 0.6 is 0 Å². The summed E-state index contributed by atoms with van der Waals surface area (Å²) >= 11 is 0. The van der Waals surface area contributed by atoms with E-state index in [1.165, 1.54) is 0 Å². The summed E-state index contributed by atoms with van der Waals surface area (Å²) in [7, 11) is 1.67. The van der Waals surface area contributed by atoms with Gasteiger partial charge < -0.3 is 23.8 Å². The number of nitrogens with zero attached hydrogens (tertiary/aromatic N) is 6. The van der Waals surface area contributed by atoms with Gasteiger partial charge in [-0.3, -0.25) is 0 Å². The smallest absolute Gasteiger partial charge is 0.410 e. The molecule has 9 nitrogen and oxygen atoms in total. The number of imidazole rings is 1. The molecule has 0 unspecified atom stereocenters. The molecule has 0 spiro atoms. The number of ether oxygens (including phenoxy) is 2. The molecular weight excluding hydrogens is 336 g/mol. The second kappa shape index (κ2) is 7.45. The minimum absolute atomic E-state index is 0.270. The van der Waals surface area contributed by atoms with Gasteiger partial charge in [0.1, 0.15) is 11.9 Å². The number of aromatic nitrogens is 4. The number of fused-ring (bicyclic) bond motifs is 1. The zero-order chi connectivity index (χ0) is 18.7. The molecule has 0 aliphatic carbocycles. The molecular formula is C17H26N6O3. The van der Waals surface area contributed by atoms with Gasteiger partial charge in [-0.15, -0.1) is 0 Å². The Morgan fingerprint density at radius 2 is 1.88 bits per heavy atom. The lowest BCUT2D eigenvalue weighted by Crippen LogP contribution is -2.50. The number of anilines is 1. The van der Waals surface area contributed by atoms with E-state index < -0.39 is 5.60 Å². The number of carbonyl (C=O) groups excluding carboxylic acids is 1. The second-order valence-corrected chi connectivity index (χ2v) is 7.25. The van der Waals surface area contributed by atoms with Crippen LogP contribution in [-0.2, 0) is 16.0 Å². The zero-order valence-electron chi connectivity index (χ0n) is 15.8. The van der Waals surface area contributed by atoms with Crippen molar-refractivity contribution in [2.75, 3.05) is 44.8 Å². The van der Waals surface area contributed by atoms with Crippen LogP contribution in [0.4, 0.5) is 10.6 Å². The van der Waals surface area contributed by atoms with E-state index in [4.69, 9.17) is 9.47 Å². The largest absolute Gasteiger partial charge is 0.444 e. The Bertz CT molecular complexity index is 761. The van der Waals surface area contributed by atoms with Gasteiger partial charge in [-0.1, -0.05) is 0 Å². The molecule has 142 valence electrons. The van der Waals surface area contributed by atoms with Gasteiger partial charge in [0.05, 0.1) is 12.9 Å². The average Bonchev–Trinajstić information content (AvgIpc) is 3.02. The lowest BCUT2D eigenvalue weighted by molar-refractivity contribution is 0.0240. The van der Waals surface area contributed by atoms with E-state index in [0.29, 0.717) is 39.3 Å². The standard InChI is InChI=1S/C17H26N6O3/c1-17(2,3)26-16(24)22-7-5-21(6-8-22)14-13-15(19-11-18-14)23(12-20-13)9-10-25-4/h11-12H,5-10H2,1-4H3. The summed E-state index contributed by atoms with van der Waals surface area (Å²) in [5.74, 6) is 0.801. The highest BCUT2D eigenvalue weighted by Gasteiger charge is 2.27. The molecule has 2 aromatic rings. The number of carbonyl (C=O) groups is 1. The van der Waals surface area contributed by atoms with Crippen molar-refractivity contribution in [2.24, 2.45) is 0 Å². The van der Waals surface area contributed by atoms with E-state index in [-0.39, 0.29) is 6.09 Å². The Hall–Kier alpha value is -2.42. The van der Waals surface area contributed by atoms with Crippen LogP contribution in [0.15, 0.2) is 12.7 Å². The summed E-state index contributed by atoms with van der Waals surface area (Å²) < 4.78 is 12.5. The Morgan fingerprint density at radius 3 is 2.54 bits per heavy atom. The monoisotopic (exact) mass is 362 g/mol. The minimum atomic E-state index is -0.484. The van der Waals surface area contributed by atoms with Crippen molar-refractivity contribution in [1.82, 2.24) is 24.4 Å². The molecule has 1 aliphatic rings. The van der Waals surface area contributed by atoms with Crippen molar-refractivity contribution in [2.45, 2.75) is 32.9 Å². The molecule has 0 N–H and O–H groups in total. The lowest BCUT2D eigenvalue weighted by atomic mass is 10.2. The first kappa shape index (κ1) is 18.4. The molecule has 3 rings (SSSR count). The maximum atomic E-state index is 12.2. The summed E-state index contributed by atoms with van der Waals surface area (Å²) in [6, 6.07) is 0. The summed E-state index contributed by atoms with van der Waals surface area (Å²) in [6.07, 6.45) is 3.05. The van der Waals surface area contributed by atoms with Crippen molar-refractivity contribution < 1.29 is 14.3 Å². The van der Waals surface area contributed by atoms with E-state index >= 15 is 0 Å². The number of methoxy groups -OCH3 is 1. The highest BCUT2D eigenvalue weighted by molar-refractivity contribution is 5.83. The number of hydrogen-bond acceptors (Lipinski definition) is 7. The Kier molecular flexibility index (Phi) is 5.26. The van der Waals surface area contributed by atoms with E-state index in [2.05, 4.69) is 19.9 Å². The van der Waals surface area contributed by atoms with Crippen LogP contribution in [0.3, 0.4) is 0 Å². The fourth-order valence-corrected chi connectivity index (χ4v) is 2.88. The van der Waals surface area contributed by atoms with Crippen molar-refractivity contribution in [3.05, 3.63) is 12.7 Å². The molecule has 9 heteroatoms. The fraction of sp³-hybridized carbons (Fsp3) is 0.647. The van der Waals surface area contributed by atoms with Gasteiger partial charge in [-0.05, 0) is 20.8 Å². The first-order valence-electron chi connectivity index (χ1n) is 8.76. The van der Waals surface area contributed by atoms with Gasteiger partial charge in [0, 0.05) is 39.8 Å². The fourth-order valence-electron chi connectivity index (χ4n) is 2.88. The van der Waals surface area contributed by atoms with Gasteiger partial charge in [-0.25, -0.2) is 19.7 Å². The second-order valence-electron chi connectivity index (χ2n) is 7.25. The first-order chi connectivity index (χ1) is 12.4. The quantitative estimate of drug-likeness (QED) is 0.815. The van der Waals surface area contributed by atoms with Gasteiger partial charge >= 0.3 is 6.09 Å². The predicted molar refractivity (Wildman–Crippen MR) is 97.2 cm³/mol. The van der Waals surface area contributed by atoms with Gasteiger partial charge in [0.2, 0.25) is 0 Å². The summed E-state index contributed by atoms with van der Waals surface area (Å²) in [4.78, 5) is 29.3. The van der Waals surface area contributed by atoms with Crippen LogP contribution in [0, 0.1) is 0 Å². The van der Waals surface area contributed by atoms with Crippen LogP contribution < -0.4 is 4.90 Å². The molecule has 0 aromatic carbocycles. The lowest BCUT2D eigenvalue weighted by Gasteiger charge is -2.36. The number of rotatable bonds is 4. The molecule has 1 amide bonds. The highest BCUT2D eigenvalue weighted by Crippen LogP contribution is 2.23. The van der Waals surface area contributed by atoms with Gasteiger partial charge in [0.15, 0.2) is 17.0 Å². The minimum Gasteiger partial charge on any atom is -0.444 e. The first-order valence-corrected chi connectivity index (χ1v) is 8.76. The normalized spacial score (nSPS) is 15.5. The van der Waals surface area contributed by atoms with E-state index in [9.17, 15) is 4.79 Å². The summed E-state index contributed by atoms with van der Waals surface area (Å²) in [6.45, 7) is 9.44. The Morgan fingerprint density at radius 1 is 1.15 bits per heavy atom. The molecule has 0 atom stereocenters. The molecule has 0 radical (unpaired) electrons. The Balaban J connectivity index is 1.70. The van der Waals surface area contributed by atoms with Crippen LogP contribution in [0.25, 0.3) is 11.2 Å². The van der Waals surface area contributed by atoms with Crippen LogP contribution in [-0.4, -0.2) is 76.0 Å². The Labute approximate surface area is 152 Å². The predicted octanol–water partition coefficient (Wildman–Crippen LogP) is 1.53.